The fraction of sp³-hybridized carbons (Fsp3) is 0.353. The minimum atomic E-state index is -4.25. The van der Waals surface area contributed by atoms with Crippen LogP contribution in [0.1, 0.15) is 31.6 Å². The van der Waals surface area contributed by atoms with E-state index in [1.165, 1.54) is 28.9 Å². The van der Waals surface area contributed by atoms with Gasteiger partial charge in [-0.25, -0.2) is 14.0 Å². The Bertz CT molecular complexity index is 1930. The van der Waals surface area contributed by atoms with Crippen LogP contribution in [-0.4, -0.2) is 78.7 Å². The number of hydrogen-bond donors (Lipinski definition) is 5. The molecule has 0 spiro atoms. The Balaban J connectivity index is 1.35. The monoisotopic (exact) mass is 740 g/mol. The number of nitrogens with two attached hydrogens (primary N) is 2. The first kappa shape index (κ1) is 38.7. The summed E-state index contributed by atoms with van der Waals surface area (Å²) in [5, 5.41) is 44.1. The molecule has 7 N–H and O–H groups in total. The molecule has 1 saturated heterocycles. The maximum atomic E-state index is 14.4. The van der Waals surface area contributed by atoms with Gasteiger partial charge in [0.25, 0.3) is 0 Å². The number of unbranched alkanes of at least 4 members (excludes halogenated alkanes) is 1. The number of nitro groups is 1. The zero-order valence-corrected chi connectivity index (χ0v) is 29.2. The number of nitro benzene ring substituents is 1. The molecule has 52 heavy (non-hydrogen) atoms. The Kier molecular flexibility index (Phi) is 12.5. The molecule has 0 bridgehead atoms. The van der Waals surface area contributed by atoms with Gasteiger partial charge in [-0.05, 0) is 66.4 Å². The van der Waals surface area contributed by atoms with E-state index in [9.17, 15) is 34.8 Å². The lowest BCUT2D eigenvalue weighted by atomic mass is 10.1. The fourth-order valence-corrected chi connectivity index (χ4v) is 7.32. The maximum Gasteiger partial charge on any atom is 0.408 e. The molecule has 1 aliphatic heterocycles. The molecule has 4 aromatic rings. The molecule has 1 aliphatic rings. The molecular formula is C34H41N6O11P. The highest BCUT2D eigenvalue weighted by Crippen LogP contribution is 2.54. The molecule has 278 valence electrons. The van der Waals surface area contributed by atoms with Crippen LogP contribution < -0.4 is 21.9 Å². The van der Waals surface area contributed by atoms with Crippen LogP contribution in [0.5, 0.6) is 11.5 Å². The number of nitrogen functional groups attached to an aromatic ring is 1. The van der Waals surface area contributed by atoms with E-state index in [-0.39, 0.29) is 37.0 Å². The highest BCUT2D eigenvalue weighted by Gasteiger charge is 2.56. The van der Waals surface area contributed by atoms with Crippen LogP contribution in [0.3, 0.4) is 0 Å². The highest BCUT2D eigenvalue weighted by atomic mass is 31.2. The molecule has 18 heteroatoms. The number of benzene rings is 3. The molecule has 0 aliphatic carbocycles. The van der Waals surface area contributed by atoms with Crippen molar-refractivity contribution in [2.75, 3.05) is 32.0 Å². The Labute approximate surface area is 298 Å². The second-order valence-corrected chi connectivity index (χ2v) is 13.9. The van der Waals surface area contributed by atoms with Gasteiger partial charge < -0.3 is 36.3 Å². The number of hydrogen-bond acceptors (Lipinski definition) is 14. The van der Waals surface area contributed by atoms with E-state index in [1.807, 2.05) is 42.5 Å². The average Bonchev–Trinajstić information content (AvgIpc) is 3.35. The van der Waals surface area contributed by atoms with Crippen molar-refractivity contribution < 1.29 is 43.3 Å². The van der Waals surface area contributed by atoms with E-state index in [0.29, 0.717) is 30.7 Å². The molecule has 2 heterocycles. The van der Waals surface area contributed by atoms with Crippen LogP contribution in [0.2, 0.25) is 0 Å². The van der Waals surface area contributed by atoms with Crippen molar-refractivity contribution >= 4 is 19.3 Å². The lowest BCUT2D eigenvalue weighted by Gasteiger charge is -2.30. The number of anilines is 1. The van der Waals surface area contributed by atoms with E-state index >= 15 is 0 Å². The number of ether oxygens (including phenoxy) is 2. The van der Waals surface area contributed by atoms with Crippen molar-refractivity contribution in [1.29, 1.82) is 0 Å². The van der Waals surface area contributed by atoms with Crippen LogP contribution in [0.25, 0.3) is 11.1 Å². The SMILES string of the molecule is CCN(CCCCN)P(=O)(OCc1ccc([N+](=O)[O-])c(Oc2ccc(-c3ccccc3)cc2)c1)OCC1OC(n2ccc(N)nc2=O)C(O)(O)C1O. The first-order valence-electron chi connectivity index (χ1n) is 16.4. The van der Waals surface area contributed by atoms with Gasteiger partial charge in [-0.2, -0.15) is 4.98 Å². The first-order valence-corrected chi connectivity index (χ1v) is 17.9. The molecule has 0 radical (unpaired) electrons. The second kappa shape index (κ2) is 16.9. The molecule has 17 nitrogen and oxygen atoms in total. The van der Waals surface area contributed by atoms with Crippen molar-refractivity contribution in [2.45, 2.75) is 50.6 Å². The normalized spacial score (nSPS) is 19.4. The van der Waals surface area contributed by atoms with Crippen molar-refractivity contribution in [1.82, 2.24) is 14.2 Å². The van der Waals surface area contributed by atoms with E-state index in [4.69, 9.17) is 30.0 Å². The van der Waals surface area contributed by atoms with Gasteiger partial charge >= 0.3 is 19.1 Å². The predicted molar refractivity (Wildman–Crippen MR) is 189 cm³/mol. The third-order valence-electron chi connectivity index (χ3n) is 8.35. The summed E-state index contributed by atoms with van der Waals surface area (Å²) in [6, 6.07) is 22.0. The summed E-state index contributed by atoms with van der Waals surface area (Å²) in [7, 11) is -4.25. The van der Waals surface area contributed by atoms with Gasteiger partial charge in [0.05, 0.1) is 18.1 Å². The summed E-state index contributed by atoms with van der Waals surface area (Å²) >= 11 is 0. The van der Waals surface area contributed by atoms with Crippen molar-refractivity contribution in [3.63, 3.8) is 0 Å². The molecule has 0 saturated carbocycles. The number of nitrogens with zero attached hydrogens (tertiary/aromatic N) is 4. The second-order valence-electron chi connectivity index (χ2n) is 11.9. The van der Waals surface area contributed by atoms with Gasteiger partial charge in [-0.3, -0.25) is 23.7 Å². The molecule has 0 amide bonds. The van der Waals surface area contributed by atoms with Crippen LogP contribution in [-0.2, 0) is 25.0 Å². The first-order chi connectivity index (χ1) is 24.9. The summed E-state index contributed by atoms with van der Waals surface area (Å²) in [6.45, 7) is 1.55. The molecule has 1 aromatic heterocycles. The van der Waals surface area contributed by atoms with Crippen LogP contribution >= 0.6 is 7.75 Å². The Morgan fingerprint density at radius 2 is 1.77 bits per heavy atom. The summed E-state index contributed by atoms with van der Waals surface area (Å²) in [4.78, 5) is 27.2. The number of aromatic nitrogens is 2. The Morgan fingerprint density at radius 1 is 1.06 bits per heavy atom. The van der Waals surface area contributed by atoms with E-state index < -0.39 is 49.2 Å². The zero-order valence-electron chi connectivity index (χ0n) is 28.3. The third kappa shape index (κ3) is 8.90. The lowest BCUT2D eigenvalue weighted by molar-refractivity contribution is -0.385. The van der Waals surface area contributed by atoms with E-state index in [0.717, 1.165) is 21.9 Å². The maximum absolute atomic E-state index is 14.4. The zero-order chi connectivity index (χ0) is 37.5. The van der Waals surface area contributed by atoms with Gasteiger partial charge in [0, 0.05) is 25.4 Å². The fourth-order valence-electron chi connectivity index (χ4n) is 5.54. The standard InChI is InChI=1S/C34H41N6O11P/c1-2-38(18-7-6-17-35)52(47,49-22-29-31(41)34(43,44)32(51-29)39-19-16-30(36)37-33(39)42)48-21-23-10-15-27(40(45)46)28(20-23)50-26-13-11-25(12-14-26)24-8-4-3-5-9-24/h3-5,8-16,19-20,29,31-32,41,43-44H,2,6-7,17-18,21-22,35H2,1H3,(H2,36,37,42). The molecule has 3 aromatic carbocycles. The largest absolute Gasteiger partial charge is 0.450 e. The Hall–Kier alpha value is -4.55. The minimum absolute atomic E-state index is 0.0762. The van der Waals surface area contributed by atoms with Crippen LogP contribution in [0.15, 0.2) is 89.9 Å². The molecule has 1 fully saturated rings. The highest BCUT2D eigenvalue weighted by molar-refractivity contribution is 7.51. The Morgan fingerprint density at radius 3 is 2.42 bits per heavy atom. The molecule has 4 atom stereocenters. The van der Waals surface area contributed by atoms with Crippen molar-refractivity contribution in [3.8, 4) is 22.6 Å². The lowest BCUT2D eigenvalue weighted by Crippen LogP contribution is -2.48. The summed E-state index contributed by atoms with van der Waals surface area (Å²) in [5.41, 5.74) is 12.2. The molecule has 5 rings (SSSR count). The van der Waals surface area contributed by atoms with E-state index in [1.54, 1.807) is 19.1 Å². The average molecular weight is 741 g/mol. The molecular weight excluding hydrogens is 699 g/mol. The predicted octanol–water partition coefficient (Wildman–Crippen LogP) is 3.53. The van der Waals surface area contributed by atoms with Gasteiger partial charge in [-0.1, -0.05) is 49.4 Å². The van der Waals surface area contributed by atoms with Crippen molar-refractivity contribution in [2.24, 2.45) is 5.73 Å². The van der Waals surface area contributed by atoms with Gasteiger partial charge in [0.1, 0.15) is 23.8 Å². The third-order valence-corrected chi connectivity index (χ3v) is 10.5. The van der Waals surface area contributed by atoms with Crippen LogP contribution in [0, 0.1) is 10.1 Å². The number of aliphatic hydroxyl groups is 3. The van der Waals surface area contributed by atoms with Gasteiger partial charge in [0.15, 0.2) is 6.23 Å². The summed E-state index contributed by atoms with van der Waals surface area (Å²) in [5.74, 6) is -2.81. The smallest absolute Gasteiger partial charge is 0.408 e. The number of rotatable bonds is 17. The topological polar surface area (TPSA) is 248 Å². The minimum Gasteiger partial charge on any atom is -0.450 e. The van der Waals surface area contributed by atoms with E-state index in [2.05, 4.69) is 4.98 Å². The summed E-state index contributed by atoms with van der Waals surface area (Å²) < 4.78 is 39.9. The van der Waals surface area contributed by atoms with Gasteiger partial charge in [-0.15, -0.1) is 0 Å². The van der Waals surface area contributed by atoms with Crippen LogP contribution in [0.4, 0.5) is 11.5 Å². The van der Waals surface area contributed by atoms with Gasteiger partial charge in [0.2, 0.25) is 11.5 Å². The summed E-state index contributed by atoms with van der Waals surface area (Å²) in [6.07, 6.45) is -3.04. The molecule has 4 unspecified atom stereocenters. The quantitative estimate of drug-likeness (QED) is 0.0342. The number of aliphatic hydroxyl groups excluding tert-OH is 1. The van der Waals surface area contributed by atoms with Crippen molar-refractivity contribution in [3.05, 3.63) is 111 Å².